The number of imidazole rings is 1. The number of aliphatic hydroxyl groups is 1. The third-order valence-electron chi connectivity index (χ3n) is 10.4. The van der Waals surface area contributed by atoms with Crippen molar-refractivity contribution in [1.82, 2.24) is 35.5 Å². The highest BCUT2D eigenvalue weighted by Gasteiger charge is 2.44. The molecule has 0 spiro atoms. The van der Waals surface area contributed by atoms with Crippen molar-refractivity contribution in [2.24, 2.45) is 5.92 Å². The number of nitrogens with one attached hydrogen (secondary N) is 3. The van der Waals surface area contributed by atoms with E-state index in [4.69, 9.17) is 4.98 Å². The molecule has 1 aliphatic carbocycles. The van der Waals surface area contributed by atoms with Crippen LogP contribution in [-0.2, 0) is 24.2 Å². The lowest BCUT2D eigenvalue weighted by molar-refractivity contribution is -0.142. The van der Waals surface area contributed by atoms with Gasteiger partial charge in [-0.1, -0.05) is 13.8 Å². The maximum absolute atomic E-state index is 14.3. The lowest BCUT2D eigenvalue weighted by Crippen LogP contribution is -2.60. The number of carbonyl (C=O) groups excluding carboxylic acids is 1. The number of aromatic hydroxyl groups is 1. The van der Waals surface area contributed by atoms with Crippen LogP contribution in [0.3, 0.4) is 0 Å². The predicted octanol–water partition coefficient (Wildman–Crippen LogP) is 2.58. The van der Waals surface area contributed by atoms with Gasteiger partial charge in [-0.3, -0.25) is 20.0 Å². The Morgan fingerprint density at radius 3 is 2.74 bits per heavy atom. The van der Waals surface area contributed by atoms with Gasteiger partial charge in [-0.25, -0.2) is 14.8 Å². The van der Waals surface area contributed by atoms with Gasteiger partial charge in [-0.15, -0.1) is 0 Å². The Morgan fingerprint density at radius 1 is 1.16 bits per heavy atom. The molecule has 4 heterocycles. The van der Waals surface area contributed by atoms with Crippen LogP contribution in [0.25, 0.3) is 0 Å². The molecule has 236 valence electrons. The van der Waals surface area contributed by atoms with Crippen LogP contribution in [-0.4, -0.2) is 98.2 Å². The zero-order valence-electron chi connectivity index (χ0n) is 25.8. The molecule has 10 nitrogen and oxygen atoms in total. The molecular formula is C32H48FN7O3. The Kier molecular flexibility index (Phi) is 9.07. The monoisotopic (exact) mass is 597 g/mol. The van der Waals surface area contributed by atoms with Crippen LogP contribution in [0, 0.1) is 11.7 Å². The number of aromatic nitrogens is 2. The molecule has 6 atom stereocenters. The molecule has 1 aromatic heterocycles. The van der Waals surface area contributed by atoms with Gasteiger partial charge in [0.15, 0.2) is 11.6 Å². The first-order valence-corrected chi connectivity index (χ1v) is 16.3. The number of halogens is 1. The Labute approximate surface area is 254 Å². The number of aromatic amines is 1. The van der Waals surface area contributed by atoms with Gasteiger partial charge in [0, 0.05) is 51.2 Å². The van der Waals surface area contributed by atoms with E-state index in [1.54, 1.807) is 6.07 Å². The quantitative estimate of drug-likeness (QED) is 0.315. The number of amides is 1. The summed E-state index contributed by atoms with van der Waals surface area (Å²) in [6.45, 7) is 10.9. The number of aliphatic hydroxyl groups excluding tert-OH is 1. The molecule has 1 amide bonds. The van der Waals surface area contributed by atoms with Crippen molar-refractivity contribution >= 4 is 5.91 Å². The molecule has 2 saturated heterocycles. The normalized spacial score (nSPS) is 29.9. The molecule has 4 unspecified atom stereocenters. The van der Waals surface area contributed by atoms with Gasteiger partial charge in [0.05, 0.1) is 30.1 Å². The van der Waals surface area contributed by atoms with Crippen molar-refractivity contribution in [2.45, 2.75) is 95.9 Å². The molecule has 0 bridgehead atoms. The largest absolute Gasteiger partial charge is 0.505 e. The molecule has 6 rings (SSSR count). The maximum atomic E-state index is 14.3. The fourth-order valence-electron chi connectivity index (χ4n) is 8.13. The van der Waals surface area contributed by atoms with Crippen molar-refractivity contribution in [3.63, 3.8) is 0 Å². The summed E-state index contributed by atoms with van der Waals surface area (Å²) in [7, 11) is 0. The number of piperazine rings is 1. The first-order valence-electron chi connectivity index (χ1n) is 16.3. The highest BCUT2D eigenvalue weighted by atomic mass is 19.1. The number of hydrazine groups is 1. The molecule has 2 aromatic rings. The third kappa shape index (κ3) is 5.94. The minimum absolute atomic E-state index is 0.0483. The van der Waals surface area contributed by atoms with Gasteiger partial charge in [-0.2, -0.15) is 0 Å². The minimum atomic E-state index is -0.543. The van der Waals surface area contributed by atoms with E-state index < -0.39 is 5.82 Å². The van der Waals surface area contributed by atoms with E-state index in [2.05, 4.69) is 39.5 Å². The summed E-state index contributed by atoms with van der Waals surface area (Å²) in [5, 5.41) is 19.2. The summed E-state index contributed by atoms with van der Waals surface area (Å²) in [4.78, 5) is 29.3. The van der Waals surface area contributed by atoms with Crippen LogP contribution in [0.5, 0.6) is 5.75 Å². The Morgan fingerprint density at radius 2 is 2.00 bits per heavy atom. The number of phenolic OH excluding ortho intramolecular Hbond substituents is 1. The molecule has 1 aromatic carbocycles. The van der Waals surface area contributed by atoms with Crippen molar-refractivity contribution in [1.29, 1.82) is 0 Å². The molecule has 1 saturated carbocycles. The molecule has 5 N–H and O–H groups in total. The average molecular weight is 598 g/mol. The second kappa shape index (κ2) is 12.8. The number of aryl methyl sites for hydroxylation is 1. The van der Waals surface area contributed by atoms with Crippen molar-refractivity contribution in [2.75, 3.05) is 39.3 Å². The fourth-order valence-corrected chi connectivity index (χ4v) is 8.13. The second-order valence-corrected chi connectivity index (χ2v) is 13.0. The number of nitrogens with zero attached hydrogens (tertiary/aromatic N) is 4. The zero-order valence-corrected chi connectivity index (χ0v) is 25.8. The van der Waals surface area contributed by atoms with E-state index in [1.165, 1.54) is 6.07 Å². The fraction of sp³-hybridized carbons (Fsp3) is 0.688. The lowest BCUT2D eigenvalue weighted by Gasteiger charge is -2.43. The number of hydrogen-bond acceptors (Lipinski definition) is 8. The molecule has 11 heteroatoms. The summed E-state index contributed by atoms with van der Waals surface area (Å²) in [6, 6.07) is 3.31. The average Bonchev–Trinajstić information content (AvgIpc) is 3.61. The van der Waals surface area contributed by atoms with Gasteiger partial charge < -0.3 is 20.1 Å². The van der Waals surface area contributed by atoms with E-state index >= 15 is 0 Å². The van der Waals surface area contributed by atoms with Gasteiger partial charge >= 0.3 is 0 Å². The Hall–Kier alpha value is -2.57. The first-order chi connectivity index (χ1) is 20.8. The van der Waals surface area contributed by atoms with E-state index in [1.807, 2.05) is 11.8 Å². The Bertz CT molecular complexity index is 1300. The lowest BCUT2D eigenvalue weighted by atomic mass is 9.73. The predicted molar refractivity (Wildman–Crippen MR) is 162 cm³/mol. The van der Waals surface area contributed by atoms with Crippen LogP contribution >= 0.6 is 0 Å². The summed E-state index contributed by atoms with van der Waals surface area (Å²) in [5.41, 5.74) is 11.2. The van der Waals surface area contributed by atoms with Crippen LogP contribution in [0.4, 0.5) is 4.39 Å². The summed E-state index contributed by atoms with van der Waals surface area (Å²) < 4.78 is 14.3. The van der Waals surface area contributed by atoms with Gasteiger partial charge in [0.2, 0.25) is 5.91 Å². The van der Waals surface area contributed by atoms with Crippen LogP contribution in [0.1, 0.15) is 86.8 Å². The molecule has 4 aliphatic rings. The van der Waals surface area contributed by atoms with Gasteiger partial charge in [-0.05, 0) is 80.7 Å². The van der Waals surface area contributed by atoms with Gasteiger partial charge in [0.1, 0.15) is 5.82 Å². The van der Waals surface area contributed by atoms with Crippen molar-refractivity contribution in [3.8, 4) is 5.75 Å². The summed E-state index contributed by atoms with van der Waals surface area (Å²) in [5.74, 6) is 0.911. The zero-order chi connectivity index (χ0) is 30.2. The molecule has 3 aliphatic heterocycles. The van der Waals surface area contributed by atoms with Crippen molar-refractivity contribution < 1.29 is 19.4 Å². The number of carbonyl (C=O) groups is 1. The smallest absolute Gasteiger partial charge is 0.240 e. The topological polar surface area (TPSA) is 120 Å². The summed E-state index contributed by atoms with van der Waals surface area (Å²) >= 11 is 0. The maximum Gasteiger partial charge on any atom is 0.240 e. The molecular weight excluding hydrogens is 549 g/mol. The Balaban J connectivity index is 1.15. The van der Waals surface area contributed by atoms with Crippen LogP contribution < -0.4 is 10.9 Å². The standard InChI is InChI=1S/C32H48FN7O3/c1-4-8-39-18-27-26(16-28(39)32(43)40-10-9-38(11-12-41)17-19(40)3)34-31(35-27)30-22-7-6-21(13-25(22)36-37-30)23-15-24(33)29(42)14-20(23)5-2/h14-15,19,21-22,25,28,30,36-37,41-42H,4-13,16-18H2,1-3H3,(H,34,35)/t19-,21?,22?,25?,28+,30?/m1/s1. The number of hydrogen-bond donors (Lipinski definition) is 5. The molecule has 3 fully saturated rings. The number of rotatable bonds is 8. The number of H-pyrrole nitrogens is 1. The van der Waals surface area contributed by atoms with Crippen LogP contribution in [0.15, 0.2) is 12.1 Å². The van der Waals surface area contributed by atoms with Gasteiger partial charge in [0.25, 0.3) is 0 Å². The summed E-state index contributed by atoms with van der Waals surface area (Å²) in [6.07, 6.45) is 5.19. The van der Waals surface area contributed by atoms with E-state index in [9.17, 15) is 19.4 Å². The highest BCUT2D eigenvalue weighted by molar-refractivity contribution is 5.83. The van der Waals surface area contributed by atoms with E-state index in [-0.39, 0.29) is 48.3 Å². The number of β-amino-alcohol motifs (C(OH)–C–C–N with tert-alkyl or cyclic N) is 1. The van der Waals surface area contributed by atoms with Crippen molar-refractivity contribution in [3.05, 3.63) is 46.3 Å². The van der Waals surface area contributed by atoms with E-state index in [0.717, 1.165) is 80.1 Å². The minimum Gasteiger partial charge on any atom is -0.505 e. The second-order valence-electron chi connectivity index (χ2n) is 13.0. The number of fused-ring (bicyclic) bond motifs is 2. The number of phenols is 1. The highest BCUT2D eigenvalue weighted by Crippen LogP contribution is 2.44. The van der Waals surface area contributed by atoms with E-state index in [0.29, 0.717) is 32.0 Å². The van der Waals surface area contributed by atoms with Crippen LogP contribution in [0.2, 0.25) is 0 Å². The molecule has 43 heavy (non-hydrogen) atoms. The third-order valence-corrected chi connectivity index (χ3v) is 10.4. The molecule has 0 radical (unpaired) electrons. The first kappa shape index (κ1) is 30.5. The SMILES string of the molecule is CCCN1Cc2[nH]c(C3NNC4CC(c5cc(F)c(O)cc5CC)CCC43)nc2C[C@H]1C(=O)N1CCN(CCO)C[C@H]1C. The number of benzene rings is 1.